The van der Waals surface area contributed by atoms with Gasteiger partial charge in [0.15, 0.2) is 0 Å². The van der Waals surface area contributed by atoms with Crippen molar-refractivity contribution >= 4 is 49.6 Å². The monoisotopic (exact) mass is 832 g/mol. The van der Waals surface area contributed by atoms with E-state index in [0.717, 1.165) is 29.2 Å². The van der Waals surface area contributed by atoms with Crippen molar-refractivity contribution in [2.24, 2.45) is 0 Å². The van der Waals surface area contributed by atoms with Gasteiger partial charge in [0.1, 0.15) is 0 Å². The molecule has 11 aromatic rings. The van der Waals surface area contributed by atoms with Crippen LogP contribution in [0.4, 0.5) is 17.1 Å². The van der Waals surface area contributed by atoms with Crippen molar-refractivity contribution in [1.29, 1.82) is 0 Å². The molecule has 12 rings (SSSR count). The molecular formula is C63H48N2. The zero-order chi connectivity index (χ0) is 43.6. The van der Waals surface area contributed by atoms with Crippen LogP contribution in [0.3, 0.4) is 0 Å². The van der Waals surface area contributed by atoms with E-state index in [1.807, 2.05) is 0 Å². The fourth-order valence-electron chi connectivity index (χ4n) is 10.7. The lowest BCUT2D eigenvalue weighted by atomic mass is 9.82. The molecule has 1 aliphatic rings. The quantitative estimate of drug-likeness (QED) is 0.148. The maximum absolute atomic E-state index is 2.45. The van der Waals surface area contributed by atoms with Crippen LogP contribution in [0.5, 0.6) is 0 Å². The first-order chi connectivity index (χ1) is 31.9. The van der Waals surface area contributed by atoms with Crippen molar-refractivity contribution in [2.75, 3.05) is 4.90 Å². The molecule has 1 heterocycles. The second-order valence-corrected chi connectivity index (χ2v) is 18.2. The minimum atomic E-state index is -0.111. The number of para-hydroxylation sites is 1. The van der Waals surface area contributed by atoms with Gasteiger partial charge < -0.3 is 9.47 Å². The van der Waals surface area contributed by atoms with Crippen molar-refractivity contribution in [3.05, 3.63) is 252 Å². The molecule has 10 aromatic carbocycles. The summed E-state index contributed by atoms with van der Waals surface area (Å²) in [4.78, 5) is 2.43. The summed E-state index contributed by atoms with van der Waals surface area (Å²) < 4.78 is 2.45. The third kappa shape index (κ3) is 6.48. The van der Waals surface area contributed by atoms with E-state index in [0.29, 0.717) is 0 Å². The topological polar surface area (TPSA) is 8.17 Å². The van der Waals surface area contributed by atoms with Crippen LogP contribution in [0.1, 0.15) is 41.7 Å². The number of nitrogens with zero attached hydrogens (tertiary/aromatic N) is 2. The van der Waals surface area contributed by atoms with Gasteiger partial charge >= 0.3 is 0 Å². The Labute approximate surface area is 381 Å². The summed E-state index contributed by atoms with van der Waals surface area (Å²) in [6, 6.07) is 83.0. The standard InChI is InChI=1S/C63H48N2/c1-42-16-7-10-22-52(42)62-47(38-43-17-5-4-6-18-43)21-15-25-53(62)46-29-36-57-56-24-12-14-27-60(56)65(61(57)40-46)49-33-31-48(32-34-49)64(50-30-28-44-19-8-9-20-45(44)39-50)51-35-37-55-54-23-11-13-26-58(54)63(2,3)59(55)41-51/h4-37,39-41H,38H2,1-3H3. The molecule has 0 saturated heterocycles. The van der Waals surface area contributed by atoms with Gasteiger partial charge in [0.25, 0.3) is 0 Å². The van der Waals surface area contributed by atoms with Gasteiger partial charge in [-0.25, -0.2) is 0 Å². The second kappa shape index (κ2) is 15.4. The molecular weight excluding hydrogens is 785 g/mol. The molecule has 0 amide bonds. The number of fused-ring (bicyclic) bond motifs is 7. The summed E-state index contributed by atoms with van der Waals surface area (Å²) >= 11 is 0. The highest BCUT2D eigenvalue weighted by Gasteiger charge is 2.35. The summed E-state index contributed by atoms with van der Waals surface area (Å²) in [6.45, 7) is 6.95. The fraction of sp³-hybridized carbons (Fsp3) is 0.0794. The maximum Gasteiger partial charge on any atom is 0.0547 e. The van der Waals surface area contributed by atoms with Crippen LogP contribution in [-0.2, 0) is 11.8 Å². The van der Waals surface area contributed by atoms with Crippen LogP contribution < -0.4 is 4.90 Å². The van der Waals surface area contributed by atoms with Gasteiger partial charge in [0, 0.05) is 38.9 Å². The van der Waals surface area contributed by atoms with E-state index in [4.69, 9.17) is 0 Å². The Bertz CT molecular complexity index is 3610. The summed E-state index contributed by atoms with van der Waals surface area (Å²) in [6.07, 6.45) is 0.861. The molecule has 0 atom stereocenters. The molecule has 0 N–H and O–H groups in total. The lowest BCUT2D eigenvalue weighted by Crippen LogP contribution is -2.16. The number of benzene rings is 10. The predicted molar refractivity (Wildman–Crippen MR) is 275 cm³/mol. The molecule has 0 saturated carbocycles. The lowest BCUT2D eigenvalue weighted by Gasteiger charge is -2.28. The zero-order valence-corrected chi connectivity index (χ0v) is 37.0. The number of aryl methyl sites for hydroxylation is 1. The van der Waals surface area contributed by atoms with Crippen LogP contribution in [0.25, 0.3) is 71.6 Å². The van der Waals surface area contributed by atoms with Crippen LogP contribution in [0.15, 0.2) is 224 Å². The minimum Gasteiger partial charge on any atom is -0.310 e. The van der Waals surface area contributed by atoms with Crippen LogP contribution in [0.2, 0.25) is 0 Å². The van der Waals surface area contributed by atoms with Gasteiger partial charge in [-0.1, -0.05) is 178 Å². The largest absolute Gasteiger partial charge is 0.310 e. The van der Waals surface area contributed by atoms with Crippen molar-refractivity contribution in [2.45, 2.75) is 32.6 Å². The Morgan fingerprint density at radius 2 is 1.08 bits per heavy atom. The Kier molecular flexibility index (Phi) is 9.17. The molecule has 2 nitrogen and oxygen atoms in total. The molecule has 0 fully saturated rings. The van der Waals surface area contributed by atoms with Crippen molar-refractivity contribution < 1.29 is 0 Å². The second-order valence-electron chi connectivity index (χ2n) is 18.2. The first kappa shape index (κ1) is 38.7. The molecule has 310 valence electrons. The number of aromatic nitrogens is 1. The molecule has 0 unspecified atom stereocenters. The van der Waals surface area contributed by atoms with Crippen LogP contribution >= 0.6 is 0 Å². The Balaban J connectivity index is 1.01. The zero-order valence-electron chi connectivity index (χ0n) is 37.0. The predicted octanol–water partition coefficient (Wildman–Crippen LogP) is 16.9. The first-order valence-electron chi connectivity index (χ1n) is 22.8. The Morgan fingerprint density at radius 3 is 1.92 bits per heavy atom. The van der Waals surface area contributed by atoms with E-state index >= 15 is 0 Å². The van der Waals surface area contributed by atoms with Crippen LogP contribution in [-0.4, -0.2) is 4.57 Å². The summed E-state index contributed by atoms with van der Waals surface area (Å²) in [5, 5.41) is 4.94. The van der Waals surface area contributed by atoms with Gasteiger partial charge in [-0.3, -0.25) is 0 Å². The Morgan fingerprint density at radius 1 is 0.431 bits per heavy atom. The molecule has 0 radical (unpaired) electrons. The summed E-state index contributed by atoms with van der Waals surface area (Å²) in [5.41, 5.74) is 21.1. The molecule has 1 aliphatic carbocycles. The smallest absolute Gasteiger partial charge is 0.0547 e. The van der Waals surface area contributed by atoms with E-state index in [-0.39, 0.29) is 5.41 Å². The Hall–Kier alpha value is -7.94. The minimum absolute atomic E-state index is 0.111. The highest BCUT2D eigenvalue weighted by Crippen LogP contribution is 2.51. The van der Waals surface area contributed by atoms with Crippen molar-refractivity contribution in [3.8, 4) is 39.1 Å². The summed E-state index contributed by atoms with van der Waals surface area (Å²) in [7, 11) is 0. The van der Waals surface area contributed by atoms with E-state index < -0.39 is 0 Å². The highest BCUT2D eigenvalue weighted by atomic mass is 15.1. The third-order valence-electron chi connectivity index (χ3n) is 14.0. The number of hydrogen-bond donors (Lipinski definition) is 0. The van der Waals surface area contributed by atoms with Gasteiger partial charge in [0.2, 0.25) is 0 Å². The van der Waals surface area contributed by atoms with Gasteiger partial charge in [-0.05, 0) is 146 Å². The van der Waals surface area contributed by atoms with Crippen LogP contribution in [0, 0.1) is 6.92 Å². The number of rotatable bonds is 8. The molecule has 2 heteroatoms. The third-order valence-corrected chi connectivity index (χ3v) is 14.0. The SMILES string of the molecule is Cc1ccccc1-c1c(Cc2ccccc2)cccc1-c1ccc2c3ccccc3n(-c3ccc(N(c4ccc5c(c4)C(C)(C)c4ccccc4-5)c4ccc5ccccc5c4)cc3)c2c1. The molecule has 1 aromatic heterocycles. The molecule has 65 heavy (non-hydrogen) atoms. The molecule has 0 aliphatic heterocycles. The van der Waals surface area contributed by atoms with E-state index in [1.54, 1.807) is 0 Å². The highest BCUT2D eigenvalue weighted by molar-refractivity contribution is 6.10. The number of anilines is 3. The maximum atomic E-state index is 2.45. The van der Waals surface area contributed by atoms with Crippen molar-refractivity contribution in [1.82, 2.24) is 4.57 Å². The number of hydrogen-bond acceptors (Lipinski definition) is 1. The van der Waals surface area contributed by atoms with E-state index in [2.05, 4.69) is 255 Å². The normalized spacial score (nSPS) is 12.7. The van der Waals surface area contributed by atoms with E-state index in [1.165, 1.54) is 93.8 Å². The van der Waals surface area contributed by atoms with Gasteiger partial charge in [0.05, 0.1) is 11.0 Å². The fourth-order valence-corrected chi connectivity index (χ4v) is 10.7. The van der Waals surface area contributed by atoms with Gasteiger partial charge in [-0.2, -0.15) is 0 Å². The average Bonchev–Trinajstić information content (AvgIpc) is 3.80. The van der Waals surface area contributed by atoms with E-state index in [9.17, 15) is 0 Å². The summed E-state index contributed by atoms with van der Waals surface area (Å²) in [5.74, 6) is 0. The van der Waals surface area contributed by atoms with Crippen molar-refractivity contribution in [3.63, 3.8) is 0 Å². The first-order valence-corrected chi connectivity index (χ1v) is 22.8. The molecule has 0 spiro atoms. The average molecular weight is 833 g/mol. The lowest BCUT2D eigenvalue weighted by molar-refractivity contribution is 0.660. The molecule has 0 bridgehead atoms. The van der Waals surface area contributed by atoms with Gasteiger partial charge in [-0.15, -0.1) is 0 Å².